The first-order chi connectivity index (χ1) is 24.3. The molecule has 2 rings (SSSR count). The van der Waals surface area contributed by atoms with E-state index in [1.807, 2.05) is 34.6 Å². The van der Waals surface area contributed by atoms with Gasteiger partial charge < -0.3 is 31.1 Å². The fourth-order valence-corrected chi connectivity index (χ4v) is 5.61. The van der Waals surface area contributed by atoms with E-state index in [1.54, 1.807) is 24.3 Å². The number of unbranched alkanes of at least 4 members (excludes halogenated alkanes) is 2. The number of likely N-dealkylation sites (tertiary alicyclic amines) is 1. The summed E-state index contributed by atoms with van der Waals surface area (Å²) in [5.74, 6) is -4.59. The Labute approximate surface area is 306 Å². The topological polar surface area (TPSA) is 217 Å². The molecule has 0 saturated carbocycles. The summed E-state index contributed by atoms with van der Waals surface area (Å²) in [6.07, 6.45) is 1.64. The second-order valence-electron chi connectivity index (χ2n) is 14.8. The molecule has 1 heterocycles. The van der Waals surface area contributed by atoms with Gasteiger partial charge in [0.1, 0.15) is 24.7 Å². The lowest BCUT2D eigenvalue weighted by molar-refractivity contribution is -0.141. The molecule has 52 heavy (non-hydrogen) atoms. The molecular weight excluding hydrogens is 673 g/mol. The van der Waals surface area contributed by atoms with Gasteiger partial charge in [-0.15, -0.1) is 0 Å². The van der Waals surface area contributed by atoms with Crippen LogP contribution in [0.2, 0.25) is 0 Å². The number of carboxylic acid groups (broad SMARTS) is 1. The Balaban J connectivity index is 1.91. The van der Waals surface area contributed by atoms with E-state index in [4.69, 9.17) is 4.74 Å². The van der Waals surface area contributed by atoms with E-state index in [1.165, 1.54) is 19.7 Å². The number of amides is 6. The minimum Gasteiger partial charge on any atom is -0.481 e. The van der Waals surface area contributed by atoms with E-state index < -0.39 is 54.1 Å². The third-order valence-corrected chi connectivity index (χ3v) is 8.63. The molecule has 0 spiro atoms. The highest BCUT2D eigenvalue weighted by Gasteiger charge is 2.44. The van der Waals surface area contributed by atoms with Crippen molar-refractivity contribution in [1.82, 2.24) is 20.9 Å². The summed E-state index contributed by atoms with van der Waals surface area (Å²) in [5.41, 5.74) is 0.747. The van der Waals surface area contributed by atoms with Gasteiger partial charge in [-0.2, -0.15) is 0 Å². The number of aliphatic carboxylic acids is 1. The molecule has 4 atom stereocenters. The molecule has 5 N–H and O–H groups in total. The highest BCUT2D eigenvalue weighted by atomic mass is 16.5. The van der Waals surface area contributed by atoms with Crippen LogP contribution in [0.5, 0.6) is 0 Å². The lowest BCUT2D eigenvalue weighted by atomic mass is 9.80. The quantitative estimate of drug-likeness (QED) is 0.0750. The van der Waals surface area contributed by atoms with Crippen LogP contribution in [0.25, 0.3) is 0 Å². The van der Waals surface area contributed by atoms with Crippen molar-refractivity contribution in [3.05, 3.63) is 29.8 Å². The zero-order valence-corrected chi connectivity index (χ0v) is 31.3. The number of hydrogen-bond acceptors (Lipinski definition) is 9. The lowest BCUT2D eigenvalue weighted by Gasteiger charge is -2.25. The standard InChI is InChI=1S/C36H54BN5O10/c1-21(2)18-27(40-28(43)10-8-7-9-17-42-29(44)19-25(34(42)50)36(4,5)6)33(49)38-22(3)31(47)41-26(15-16-30(45)46)32(48)39-24-13-11-23(12-14-24)20-52-35(37)51/h11-14,21-22,25-27H,7-10,15-20,37H2,1-6H3,(H,38,49)(H,39,48)(H,40,43)(H,41,47)(H,45,46)/t22-,25?,26-,27+/m0/s1. The van der Waals surface area contributed by atoms with Crippen molar-refractivity contribution < 1.29 is 48.2 Å². The average molecular weight is 728 g/mol. The van der Waals surface area contributed by atoms with E-state index in [2.05, 4.69) is 21.3 Å². The molecule has 1 fully saturated rings. The molecule has 0 bridgehead atoms. The summed E-state index contributed by atoms with van der Waals surface area (Å²) in [5, 5.41) is 19.7. The second-order valence-corrected chi connectivity index (χ2v) is 14.8. The number of benzene rings is 1. The molecule has 0 aliphatic carbocycles. The molecule has 1 aliphatic heterocycles. The number of anilines is 1. The number of imide groups is 1. The zero-order valence-electron chi connectivity index (χ0n) is 31.3. The van der Waals surface area contributed by atoms with Crippen molar-refractivity contribution in [2.45, 2.75) is 118 Å². The Morgan fingerprint density at radius 2 is 1.54 bits per heavy atom. The van der Waals surface area contributed by atoms with Crippen LogP contribution < -0.4 is 21.3 Å². The van der Waals surface area contributed by atoms with E-state index in [-0.39, 0.29) is 60.8 Å². The number of carbonyl (C=O) groups excluding carboxylic acids is 7. The van der Waals surface area contributed by atoms with Crippen LogP contribution in [0, 0.1) is 17.3 Å². The summed E-state index contributed by atoms with van der Waals surface area (Å²) >= 11 is 0. The predicted molar refractivity (Wildman–Crippen MR) is 194 cm³/mol. The first kappa shape index (κ1) is 43.4. The molecule has 1 aromatic carbocycles. The SMILES string of the molecule is BC(=O)OCc1ccc(NC(=O)[C@H](CCC(=O)O)NC(=O)[C@H](C)NC(=O)[C@@H](CC(C)C)NC(=O)CCCCCN2C(=O)CC(C(C)(C)C)C2=O)cc1. The minimum absolute atomic E-state index is 0.0208. The van der Waals surface area contributed by atoms with Crippen LogP contribution in [0.3, 0.4) is 0 Å². The molecule has 6 amide bonds. The maximum absolute atomic E-state index is 13.2. The molecule has 286 valence electrons. The zero-order chi connectivity index (χ0) is 39.2. The van der Waals surface area contributed by atoms with E-state index >= 15 is 0 Å². The van der Waals surface area contributed by atoms with Gasteiger partial charge in [0.15, 0.2) is 0 Å². The number of rotatable bonds is 20. The average Bonchev–Trinajstić information content (AvgIpc) is 3.34. The van der Waals surface area contributed by atoms with Crippen LogP contribution >= 0.6 is 0 Å². The Morgan fingerprint density at radius 3 is 2.10 bits per heavy atom. The number of nitrogens with zero attached hydrogens (tertiary/aromatic N) is 1. The summed E-state index contributed by atoms with van der Waals surface area (Å²) < 4.78 is 4.94. The number of nitrogens with one attached hydrogen (secondary N) is 4. The van der Waals surface area contributed by atoms with Gasteiger partial charge >= 0.3 is 5.97 Å². The van der Waals surface area contributed by atoms with Gasteiger partial charge in [0.25, 0.3) is 0 Å². The van der Waals surface area contributed by atoms with E-state index in [9.17, 15) is 43.5 Å². The van der Waals surface area contributed by atoms with Gasteiger partial charge in [0, 0.05) is 31.5 Å². The smallest absolute Gasteiger partial charge is 0.303 e. The molecule has 1 aromatic rings. The van der Waals surface area contributed by atoms with Crippen molar-refractivity contribution in [1.29, 1.82) is 0 Å². The lowest BCUT2D eigenvalue weighted by Crippen LogP contribution is -2.55. The Kier molecular flexibility index (Phi) is 17.0. The molecule has 1 aliphatic rings. The van der Waals surface area contributed by atoms with Crippen LogP contribution in [0.15, 0.2) is 24.3 Å². The van der Waals surface area contributed by atoms with Crippen LogP contribution in [-0.4, -0.2) is 89.8 Å². The van der Waals surface area contributed by atoms with Gasteiger partial charge in [0.2, 0.25) is 49.2 Å². The fraction of sp³-hybridized carbons (Fsp3) is 0.611. The number of ether oxygens (including phenoxy) is 1. The van der Waals surface area contributed by atoms with Crippen LogP contribution in [-0.2, 0) is 44.9 Å². The van der Waals surface area contributed by atoms with Gasteiger partial charge in [-0.25, -0.2) is 0 Å². The van der Waals surface area contributed by atoms with Crippen molar-refractivity contribution in [3.63, 3.8) is 0 Å². The van der Waals surface area contributed by atoms with E-state index in [0.717, 1.165) is 0 Å². The molecule has 15 nitrogen and oxygen atoms in total. The number of hydrogen-bond donors (Lipinski definition) is 5. The second kappa shape index (κ2) is 20.3. The normalized spacial score (nSPS) is 16.1. The Bertz CT molecular complexity index is 1460. The third-order valence-electron chi connectivity index (χ3n) is 8.63. The maximum Gasteiger partial charge on any atom is 0.303 e. The van der Waals surface area contributed by atoms with Crippen LogP contribution in [0.1, 0.15) is 98.5 Å². The maximum atomic E-state index is 13.2. The summed E-state index contributed by atoms with van der Waals surface area (Å²) in [4.78, 5) is 101. The highest BCUT2D eigenvalue weighted by Crippen LogP contribution is 2.35. The molecule has 1 unspecified atom stereocenters. The summed E-state index contributed by atoms with van der Waals surface area (Å²) in [6, 6.07) is 3.10. The molecule has 0 radical (unpaired) electrons. The Morgan fingerprint density at radius 1 is 0.885 bits per heavy atom. The monoisotopic (exact) mass is 727 g/mol. The third kappa shape index (κ3) is 14.8. The van der Waals surface area contributed by atoms with Crippen molar-refractivity contribution in [2.75, 3.05) is 11.9 Å². The highest BCUT2D eigenvalue weighted by molar-refractivity contribution is 6.55. The minimum atomic E-state index is -1.24. The number of carboxylic acids is 1. The predicted octanol–water partition coefficient (Wildman–Crippen LogP) is 2.26. The van der Waals surface area contributed by atoms with Gasteiger partial charge in [-0.3, -0.25) is 43.3 Å². The number of carbonyl (C=O) groups is 8. The summed E-state index contributed by atoms with van der Waals surface area (Å²) in [6.45, 7) is 11.3. The largest absolute Gasteiger partial charge is 0.481 e. The molecular formula is C36H54BN5O10. The Hall–Kier alpha value is -4.76. The van der Waals surface area contributed by atoms with Gasteiger partial charge in [-0.1, -0.05) is 53.2 Å². The summed E-state index contributed by atoms with van der Waals surface area (Å²) in [7, 11) is 1.29. The first-order valence-electron chi connectivity index (χ1n) is 17.8. The van der Waals surface area contributed by atoms with Crippen molar-refractivity contribution >= 4 is 60.8 Å². The van der Waals surface area contributed by atoms with Gasteiger partial charge in [0.05, 0.1) is 5.92 Å². The molecule has 0 aromatic heterocycles. The van der Waals surface area contributed by atoms with Gasteiger partial charge in [-0.05, 0) is 61.6 Å². The molecule has 16 heteroatoms. The van der Waals surface area contributed by atoms with Crippen molar-refractivity contribution in [3.8, 4) is 0 Å². The molecule has 1 saturated heterocycles. The van der Waals surface area contributed by atoms with E-state index in [0.29, 0.717) is 43.5 Å². The first-order valence-corrected chi connectivity index (χ1v) is 17.8. The van der Waals surface area contributed by atoms with Crippen molar-refractivity contribution in [2.24, 2.45) is 17.3 Å². The van der Waals surface area contributed by atoms with Crippen LogP contribution in [0.4, 0.5) is 10.5 Å². The fourth-order valence-electron chi connectivity index (χ4n) is 5.61.